The van der Waals surface area contributed by atoms with E-state index in [-0.39, 0.29) is 60.9 Å². The number of nitrogens with two attached hydrogens (primary N) is 2. The summed E-state index contributed by atoms with van der Waals surface area (Å²) in [5.74, 6) is -3.74. The van der Waals surface area contributed by atoms with Crippen LogP contribution in [0.2, 0.25) is 0 Å². The van der Waals surface area contributed by atoms with Crippen molar-refractivity contribution in [3.05, 3.63) is 12.2 Å². The van der Waals surface area contributed by atoms with E-state index >= 15 is 0 Å². The van der Waals surface area contributed by atoms with Crippen LogP contribution in [0.3, 0.4) is 0 Å². The highest BCUT2D eigenvalue weighted by Gasteiger charge is 2.40. The van der Waals surface area contributed by atoms with Crippen LogP contribution in [0.5, 0.6) is 0 Å². The Bertz CT molecular complexity index is 1190. The Morgan fingerprint density at radius 3 is 2.17 bits per heavy atom. The van der Waals surface area contributed by atoms with Gasteiger partial charge >= 0.3 is 11.9 Å². The number of amides is 5. The number of carbonyl (C=O) groups is 7. The van der Waals surface area contributed by atoms with E-state index in [1.54, 1.807) is 13.8 Å². The molecule has 0 saturated heterocycles. The Morgan fingerprint density at radius 1 is 0.958 bits per heavy atom. The van der Waals surface area contributed by atoms with Crippen molar-refractivity contribution in [1.29, 1.82) is 0 Å². The molecule has 2 rings (SSSR count). The molecule has 1 saturated carbocycles. The summed E-state index contributed by atoms with van der Waals surface area (Å²) < 4.78 is 4.96. The number of ether oxygens (including phenoxy) is 1. The molecule has 14 nitrogen and oxygen atoms in total. The first kappa shape index (κ1) is 40.5. The maximum atomic E-state index is 13.5. The Labute approximate surface area is 284 Å². The minimum absolute atomic E-state index is 0.0105. The molecule has 1 aliphatic heterocycles. The molecule has 2 aliphatic rings. The molecule has 1 fully saturated rings. The molecule has 0 unspecified atom stereocenters. The molecule has 0 aromatic carbocycles. The first-order chi connectivity index (χ1) is 22.4. The summed E-state index contributed by atoms with van der Waals surface area (Å²) in [5.41, 5.74) is 11.1. The van der Waals surface area contributed by atoms with Crippen LogP contribution in [0.4, 0.5) is 0 Å². The van der Waals surface area contributed by atoms with Gasteiger partial charge in [-0.25, -0.2) is 9.59 Å². The lowest BCUT2D eigenvalue weighted by Crippen LogP contribution is -2.60. The lowest BCUT2D eigenvalue weighted by molar-refractivity contribution is -0.163. The van der Waals surface area contributed by atoms with Crippen LogP contribution in [-0.4, -0.2) is 94.1 Å². The summed E-state index contributed by atoms with van der Waals surface area (Å²) in [6.45, 7) is 11.2. The van der Waals surface area contributed by atoms with E-state index in [0.717, 1.165) is 17.7 Å². The number of carbonyl (C=O) groups excluding carboxylic acids is 7. The summed E-state index contributed by atoms with van der Waals surface area (Å²) in [6.07, 6.45) is 7.98. The predicted octanol–water partition coefficient (Wildman–Crippen LogP) is 1.44. The van der Waals surface area contributed by atoms with Gasteiger partial charge in [0.1, 0.15) is 18.1 Å². The van der Waals surface area contributed by atoms with Gasteiger partial charge in [0.15, 0.2) is 0 Å². The highest BCUT2D eigenvalue weighted by atomic mass is 16.6. The molecule has 5 amide bonds. The van der Waals surface area contributed by atoms with Crippen LogP contribution in [-0.2, 0) is 38.3 Å². The third-order valence-electron chi connectivity index (χ3n) is 8.64. The summed E-state index contributed by atoms with van der Waals surface area (Å²) in [4.78, 5) is 90.6. The van der Waals surface area contributed by atoms with Gasteiger partial charge in [0.25, 0.3) is 11.8 Å². The average molecular weight is 677 g/mol. The standard InChI is InChI=1S/C34H56N6O8/c1-21(2)29(40(34(4,5)6)28(43)13-8-7-11-19-39-26(41)16-17-27(39)42)31(45)38-22(3)32(46)48-33(47)25(36)12-9-10-18-37-30(44)23-14-15-24(35)20-23/h16-17,21-25,29H,7-15,18-20,35-36H2,1-6H3,(H,37,44)(H,38,45)/t22-,23+,24-,25-,29-/m0/s1. The molecule has 0 bridgehead atoms. The zero-order valence-corrected chi connectivity index (χ0v) is 29.4. The zero-order chi connectivity index (χ0) is 36.2. The lowest BCUT2D eigenvalue weighted by Gasteiger charge is -2.43. The van der Waals surface area contributed by atoms with E-state index in [0.29, 0.717) is 45.1 Å². The van der Waals surface area contributed by atoms with E-state index < -0.39 is 41.5 Å². The fourth-order valence-electron chi connectivity index (χ4n) is 6.00. The second-order valence-corrected chi connectivity index (χ2v) is 14.2. The number of unbranched alkanes of at least 4 members (excludes halogenated alkanes) is 3. The van der Waals surface area contributed by atoms with Gasteiger partial charge in [-0.3, -0.25) is 28.9 Å². The Hall–Kier alpha value is -3.65. The molecule has 14 heteroatoms. The van der Waals surface area contributed by atoms with Crippen molar-refractivity contribution in [1.82, 2.24) is 20.4 Å². The van der Waals surface area contributed by atoms with Gasteiger partial charge < -0.3 is 31.7 Å². The van der Waals surface area contributed by atoms with E-state index in [1.807, 2.05) is 20.8 Å². The van der Waals surface area contributed by atoms with Gasteiger partial charge in [0.05, 0.1) is 0 Å². The Balaban J connectivity index is 1.82. The predicted molar refractivity (Wildman–Crippen MR) is 178 cm³/mol. The Kier molecular flexibility index (Phi) is 15.9. The van der Waals surface area contributed by atoms with Crippen LogP contribution in [0, 0.1) is 11.8 Å². The van der Waals surface area contributed by atoms with Crippen LogP contribution in [0.25, 0.3) is 0 Å². The normalized spacial score (nSPS) is 19.6. The molecule has 1 aliphatic carbocycles. The van der Waals surface area contributed by atoms with Gasteiger partial charge in [-0.1, -0.05) is 20.3 Å². The number of nitrogens with zero attached hydrogens (tertiary/aromatic N) is 2. The molecular formula is C34H56N6O8. The number of imide groups is 1. The van der Waals surface area contributed by atoms with Crippen molar-refractivity contribution in [2.24, 2.45) is 23.3 Å². The first-order valence-corrected chi connectivity index (χ1v) is 17.1. The molecule has 48 heavy (non-hydrogen) atoms. The maximum absolute atomic E-state index is 13.5. The highest BCUT2D eigenvalue weighted by Crippen LogP contribution is 2.25. The van der Waals surface area contributed by atoms with Crippen LogP contribution < -0.4 is 22.1 Å². The summed E-state index contributed by atoms with van der Waals surface area (Å²) in [7, 11) is 0. The van der Waals surface area contributed by atoms with Gasteiger partial charge in [0.2, 0.25) is 17.7 Å². The quantitative estimate of drug-likeness (QED) is 0.0710. The molecule has 1 heterocycles. The molecule has 6 N–H and O–H groups in total. The van der Waals surface area contributed by atoms with Crippen molar-refractivity contribution in [3.63, 3.8) is 0 Å². The number of nitrogens with one attached hydrogen (secondary N) is 2. The number of esters is 2. The maximum Gasteiger partial charge on any atom is 0.336 e. The fraction of sp³-hybridized carbons (Fsp3) is 0.735. The summed E-state index contributed by atoms with van der Waals surface area (Å²) >= 11 is 0. The summed E-state index contributed by atoms with van der Waals surface area (Å²) in [5, 5.41) is 5.49. The smallest absolute Gasteiger partial charge is 0.336 e. The van der Waals surface area contributed by atoms with Crippen molar-refractivity contribution < 1.29 is 38.3 Å². The molecular weight excluding hydrogens is 620 g/mol. The second-order valence-electron chi connectivity index (χ2n) is 14.2. The van der Waals surface area contributed by atoms with Gasteiger partial charge in [0, 0.05) is 49.2 Å². The van der Waals surface area contributed by atoms with Crippen molar-refractivity contribution in [2.45, 2.75) is 135 Å². The molecule has 270 valence electrons. The molecule has 0 aromatic heterocycles. The van der Waals surface area contributed by atoms with Crippen LogP contribution in [0.15, 0.2) is 12.2 Å². The zero-order valence-electron chi connectivity index (χ0n) is 29.4. The van der Waals surface area contributed by atoms with Gasteiger partial charge in [-0.2, -0.15) is 0 Å². The number of hydrogen-bond acceptors (Lipinski definition) is 10. The third-order valence-corrected chi connectivity index (χ3v) is 8.64. The minimum atomic E-state index is -1.18. The monoisotopic (exact) mass is 676 g/mol. The summed E-state index contributed by atoms with van der Waals surface area (Å²) in [6, 6.07) is -3.08. The second kappa shape index (κ2) is 18.8. The van der Waals surface area contributed by atoms with Crippen molar-refractivity contribution >= 4 is 41.5 Å². The largest absolute Gasteiger partial charge is 0.390 e. The van der Waals surface area contributed by atoms with Crippen molar-refractivity contribution in [3.8, 4) is 0 Å². The van der Waals surface area contributed by atoms with Gasteiger partial charge in [-0.05, 0) is 85.0 Å². The number of rotatable bonds is 18. The van der Waals surface area contributed by atoms with E-state index in [9.17, 15) is 33.6 Å². The molecule has 0 radical (unpaired) electrons. The Morgan fingerprint density at radius 2 is 1.60 bits per heavy atom. The fourth-order valence-corrected chi connectivity index (χ4v) is 6.00. The molecule has 0 spiro atoms. The molecule has 5 atom stereocenters. The van der Waals surface area contributed by atoms with Gasteiger partial charge in [-0.15, -0.1) is 0 Å². The van der Waals surface area contributed by atoms with E-state index in [2.05, 4.69) is 10.6 Å². The van der Waals surface area contributed by atoms with Crippen LogP contribution >= 0.6 is 0 Å². The lowest BCUT2D eigenvalue weighted by atomic mass is 9.93. The van der Waals surface area contributed by atoms with Crippen LogP contribution in [0.1, 0.15) is 106 Å². The first-order valence-electron chi connectivity index (χ1n) is 17.1. The highest BCUT2D eigenvalue weighted by molar-refractivity contribution is 6.12. The van der Waals surface area contributed by atoms with E-state index in [4.69, 9.17) is 16.2 Å². The number of hydrogen-bond donors (Lipinski definition) is 4. The average Bonchev–Trinajstić information content (AvgIpc) is 3.58. The minimum Gasteiger partial charge on any atom is -0.390 e. The SMILES string of the molecule is CC(C)[C@@H](C(=O)N[C@@H](C)C(=O)OC(=O)[C@@H](N)CCCCNC(=O)[C@@H]1CC[C@H](N)C1)N(C(=O)CCCCCN1C(=O)C=CC1=O)C(C)(C)C. The molecule has 0 aromatic rings. The third kappa shape index (κ3) is 12.4. The van der Waals surface area contributed by atoms with E-state index in [1.165, 1.54) is 24.0 Å². The topological polar surface area (TPSA) is 211 Å². The van der Waals surface area contributed by atoms with Crippen molar-refractivity contribution in [2.75, 3.05) is 13.1 Å².